The second kappa shape index (κ2) is 7.21. The van der Waals surface area contributed by atoms with Crippen molar-refractivity contribution in [1.82, 2.24) is 10.2 Å². The summed E-state index contributed by atoms with van der Waals surface area (Å²) in [6, 6.07) is 5.31. The van der Waals surface area contributed by atoms with Crippen LogP contribution in [0.25, 0.3) is 0 Å². The SMILES string of the molecule is CNc1ccc(CNCCN2CCCC2)cc1[N+](=O)[O-]. The average molecular weight is 278 g/mol. The molecule has 0 bridgehead atoms. The Hall–Kier alpha value is -1.66. The molecule has 0 aliphatic carbocycles. The molecule has 0 amide bonds. The van der Waals surface area contributed by atoms with Gasteiger partial charge in [0.15, 0.2) is 0 Å². The largest absolute Gasteiger partial charge is 0.383 e. The van der Waals surface area contributed by atoms with Gasteiger partial charge in [0.05, 0.1) is 4.92 Å². The van der Waals surface area contributed by atoms with Gasteiger partial charge in [0.25, 0.3) is 5.69 Å². The summed E-state index contributed by atoms with van der Waals surface area (Å²) < 4.78 is 0. The van der Waals surface area contributed by atoms with Gasteiger partial charge in [-0.05, 0) is 37.6 Å². The zero-order valence-electron chi connectivity index (χ0n) is 11.9. The Balaban J connectivity index is 1.83. The van der Waals surface area contributed by atoms with Gasteiger partial charge in [-0.25, -0.2) is 0 Å². The summed E-state index contributed by atoms with van der Waals surface area (Å²) in [6.07, 6.45) is 2.61. The highest BCUT2D eigenvalue weighted by Gasteiger charge is 2.13. The normalized spacial score (nSPS) is 15.4. The van der Waals surface area contributed by atoms with E-state index in [0.717, 1.165) is 18.7 Å². The maximum atomic E-state index is 11.0. The number of nitro benzene ring substituents is 1. The molecule has 0 spiro atoms. The van der Waals surface area contributed by atoms with Crippen LogP contribution in [0.4, 0.5) is 11.4 Å². The molecule has 6 heteroatoms. The maximum absolute atomic E-state index is 11.0. The van der Waals surface area contributed by atoms with Crippen LogP contribution < -0.4 is 10.6 Å². The molecule has 110 valence electrons. The first-order valence-corrected chi connectivity index (χ1v) is 7.09. The van der Waals surface area contributed by atoms with Crippen molar-refractivity contribution < 1.29 is 4.92 Å². The van der Waals surface area contributed by atoms with Gasteiger partial charge in [0.2, 0.25) is 0 Å². The molecule has 1 heterocycles. The van der Waals surface area contributed by atoms with Crippen molar-refractivity contribution in [2.45, 2.75) is 19.4 Å². The number of likely N-dealkylation sites (tertiary alicyclic amines) is 1. The van der Waals surface area contributed by atoms with Gasteiger partial charge in [-0.2, -0.15) is 0 Å². The molecule has 0 radical (unpaired) electrons. The van der Waals surface area contributed by atoms with Gasteiger partial charge in [-0.1, -0.05) is 6.07 Å². The molecule has 1 aromatic rings. The Kier molecular flexibility index (Phi) is 5.31. The fourth-order valence-corrected chi connectivity index (χ4v) is 2.53. The van der Waals surface area contributed by atoms with Crippen molar-refractivity contribution in [3.63, 3.8) is 0 Å². The topological polar surface area (TPSA) is 70.4 Å². The fourth-order valence-electron chi connectivity index (χ4n) is 2.53. The Labute approximate surface area is 119 Å². The molecular weight excluding hydrogens is 256 g/mol. The van der Waals surface area contributed by atoms with Crippen molar-refractivity contribution in [1.29, 1.82) is 0 Å². The van der Waals surface area contributed by atoms with E-state index in [9.17, 15) is 10.1 Å². The lowest BCUT2D eigenvalue weighted by Gasteiger charge is -2.14. The molecule has 0 saturated carbocycles. The fraction of sp³-hybridized carbons (Fsp3) is 0.571. The van der Waals surface area contributed by atoms with Gasteiger partial charge in [-0.15, -0.1) is 0 Å². The van der Waals surface area contributed by atoms with Gasteiger partial charge in [-0.3, -0.25) is 10.1 Å². The number of nitrogens with one attached hydrogen (secondary N) is 2. The third-order valence-electron chi connectivity index (χ3n) is 3.66. The molecule has 1 aliphatic heterocycles. The summed E-state index contributed by atoms with van der Waals surface area (Å²) in [7, 11) is 1.69. The molecule has 6 nitrogen and oxygen atoms in total. The van der Waals surface area contributed by atoms with E-state index in [1.54, 1.807) is 19.2 Å². The van der Waals surface area contributed by atoms with Crippen LogP contribution in [-0.4, -0.2) is 43.0 Å². The number of nitrogens with zero attached hydrogens (tertiary/aromatic N) is 2. The Morgan fingerprint density at radius 1 is 1.35 bits per heavy atom. The van der Waals surface area contributed by atoms with E-state index in [2.05, 4.69) is 15.5 Å². The zero-order chi connectivity index (χ0) is 14.4. The minimum atomic E-state index is -0.348. The number of benzene rings is 1. The highest BCUT2D eigenvalue weighted by molar-refractivity contribution is 5.62. The van der Waals surface area contributed by atoms with Crippen LogP contribution in [0.2, 0.25) is 0 Å². The molecule has 1 fully saturated rings. The Morgan fingerprint density at radius 2 is 2.10 bits per heavy atom. The third kappa shape index (κ3) is 3.91. The Morgan fingerprint density at radius 3 is 2.75 bits per heavy atom. The van der Waals surface area contributed by atoms with Crippen molar-refractivity contribution >= 4 is 11.4 Å². The second-order valence-electron chi connectivity index (χ2n) is 5.08. The number of anilines is 1. The molecule has 0 aromatic heterocycles. The number of nitro groups is 1. The van der Waals surface area contributed by atoms with Gasteiger partial charge in [0, 0.05) is 32.7 Å². The minimum absolute atomic E-state index is 0.131. The lowest BCUT2D eigenvalue weighted by atomic mass is 10.1. The predicted octanol–water partition coefficient (Wildman–Crippen LogP) is 1.82. The van der Waals surface area contributed by atoms with Gasteiger partial charge >= 0.3 is 0 Å². The van der Waals surface area contributed by atoms with Gasteiger partial charge in [0.1, 0.15) is 5.69 Å². The molecule has 0 unspecified atom stereocenters. The maximum Gasteiger partial charge on any atom is 0.292 e. The van der Waals surface area contributed by atoms with Crippen molar-refractivity contribution in [2.75, 3.05) is 38.5 Å². The first kappa shape index (κ1) is 14.7. The average Bonchev–Trinajstić information content (AvgIpc) is 2.96. The molecule has 1 aliphatic rings. The molecule has 2 N–H and O–H groups in total. The molecule has 1 saturated heterocycles. The molecule has 2 rings (SSSR count). The predicted molar refractivity (Wildman–Crippen MR) is 80.0 cm³/mol. The van der Waals surface area contributed by atoms with Gasteiger partial charge < -0.3 is 15.5 Å². The van der Waals surface area contributed by atoms with E-state index in [0.29, 0.717) is 12.2 Å². The number of hydrogen-bond acceptors (Lipinski definition) is 5. The highest BCUT2D eigenvalue weighted by atomic mass is 16.6. The summed E-state index contributed by atoms with van der Waals surface area (Å²) in [6.45, 7) is 5.03. The van der Waals surface area contributed by atoms with E-state index in [1.807, 2.05) is 6.07 Å². The standard InChI is InChI=1S/C14H22N4O2/c1-15-13-5-4-12(10-14(13)18(19)20)11-16-6-9-17-7-2-3-8-17/h4-5,10,15-16H,2-3,6-9,11H2,1H3. The summed E-state index contributed by atoms with van der Waals surface area (Å²) in [5.74, 6) is 0. The van der Waals surface area contributed by atoms with Crippen LogP contribution in [0.1, 0.15) is 18.4 Å². The lowest BCUT2D eigenvalue weighted by Crippen LogP contribution is -2.29. The lowest BCUT2D eigenvalue weighted by molar-refractivity contribution is -0.384. The summed E-state index contributed by atoms with van der Waals surface area (Å²) in [5, 5.41) is 17.2. The van der Waals surface area contributed by atoms with E-state index in [1.165, 1.54) is 25.9 Å². The number of rotatable bonds is 7. The quantitative estimate of drug-likeness (QED) is 0.452. The Bertz CT molecular complexity index is 458. The number of hydrogen-bond donors (Lipinski definition) is 2. The minimum Gasteiger partial charge on any atom is -0.383 e. The second-order valence-corrected chi connectivity index (χ2v) is 5.08. The zero-order valence-corrected chi connectivity index (χ0v) is 11.9. The summed E-state index contributed by atoms with van der Waals surface area (Å²) >= 11 is 0. The third-order valence-corrected chi connectivity index (χ3v) is 3.66. The van der Waals surface area contributed by atoms with Crippen LogP contribution in [0.3, 0.4) is 0 Å². The van der Waals surface area contributed by atoms with E-state index in [-0.39, 0.29) is 10.6 Å². The first-order valence-electron chi connectivity index (χ1n) is 7.09. The van der Waals surface area contributed by atoms with Crippen LogP contribution in [0.5, 0.6) is 0 Å². The summed E-state index contributed by atoms with van der Waals surface area (Å²) in [5.41, 5.74) is 1.62. The van der Waals surface area contributed by atoms with E-state index < -0.39 is 0 Å². The molecule has 1 aromatic carbocycles. The van der Waals surface area contributed by atoms with Crippen LogP contribution in [0, 0.1) is 10.1 Å². The smallest absolute Gasteiger partial charge is 0.292 e. The van der Waals surface area contributed by atoms with Crippen molar-refractivity contribution in [3.8, 4) is 0 Å². The highest BCUT2D eigenvalue weighted by Crippen LogP contribution is 2.24. The molecule has 0 atom stereocenters. The van der Waals surface area contributed by atoms with Crippen LogP contribution in [0.15, 0.2) is 18.2 Å². The monoisotopic (exact) mass is 278 g/mol. The molecule has 20 heavy (non-hydrogen) atoms. The van der Waals surface area contributed by atoms with Crippen molar-refractivity contribution in [3.05, 3.63) is 33.9 Å². The first-order chi connectivity index (χ1) is 9.70. The van der Waals surface area contributed by atoms with E-state index >= 15 is 0 Å². The molecular formula is C14H22N4O2. The summed E-state index contributed by atoms with van der Waals surface area (Å²) in [4.78, 5) is 13.1. The van der Waals surface area contributed by atoms with Crippen molar-refractivity contribution in [2.24, 2.45) is 0 Å². The van der Waals surface area contributed by atoms with E-state index in [4.69, 9.17) is 0 Å². The van der Waals surface area contributed by atoms with Crippen LogP contribution >= 0.6 is 0 Å². The van der Waals surface area contributed by atoms with Crippen LogP contribution in [-0.2, 0) is 6.54 Å².